The molecule has 1 saturated heterocycles. The summed E-state index contributed by atoms with van der Waals surface area (Å²) in [6.07, 6.45) is 15.2. The average Bonchev–Trinajstić information content (AvgIpc) is 3.29. The second-order valence-corrected chi connectivity index (χ2v) is 10.8. The van der Waals surface area contributed by atoms with Crippen molar-refractivity contribution in [2.24, 2.45) is 40.4 Å². The zero-order valence-corrected chi connectivity index (χ0v) is 17.6. The van der Waals surface area contributed by atoms with E-state index in [1.165, 1.54) is 58.0 Å². The first kappa shape index (κ1) is 18.4. The Morgan fingerprint density at radius 1 is 1.19 bits per heavy atom. The van der Waals surface area contributed by atoms with Crippen LogP contribution in [-0.2, 0) is 0 Å². The van der Waals surface area contributed by atoms with E-state index in [0.29, 0.717) is 11.3 Å². The van der Waals surface area contributed by atoms with E-state index in [2.05, 4.69) is 38.2 Å². The highest BCUT2D eigenvalue weighted by molar-refractivity contribution is 5.33. The van der Waals surface area contributed by atoms with Gasteiger partial charge in [0.15, 0.2) is 0 Å². The zero-order chi connectivity index (χ0) is 18.8. The van der Waals surface area contributed by atoms with Crippen molar-refractivity contribution >= 4 is 0 Å². The van der Waals surface area contributed by atoms with Crippen LogP contribution in [0.4, 0.5) is 0 Å². The number of allylic oxidation sites excluding steroid dienone is 2. The van der Waals surface area contributed by atoms with Gasteiger partial charge in [-0.1, -0.05) is 44.1 Å². The third-order valence-corrected chi connectivity index (χ3v) is 9.93. The normalized spacial score (nSPS) is 51.9. The summed E-state index contributed by atoms with van der Waals surface area (Å²) < 4.78 is 0. The summed E-state index contributed by atoms with van der Waals surface area (Å²) in [4.78, 5) is 0. The number of hydrogen-bond donors (Lipinski definition) is 2. The summed E-state index contributed by atoms with van der Waals surface area (Å²) in [6.45, 7) is 9.83. The smallest absolute Gasteiger partial charge is 0.0633 e. The van der Waals surface area contributed by atoms with Crippen molar-refractivity contribution in [3.05, 3.63) is 23.3 Å². The second-order valence-electron chi connectivity index (χ2n) is 10.8. The fourth-order valence-corrected chi connectivity index (χ4v) is 8.43. The Balaban J connectivity index is 1.52. The molecule has 4 aliphatic carbocycles. The van der Waals surface area contributed by atoms with Gasteiger partial charge in [0, 0.05) is 12.0 Å². The molecule has 3 fully saturated rings. The molecule has 3 unspecified atom stereocenters. The van der Waals surface area contributed by atoms with Crippen LogP contribution in [0.25, 0.3) is 0 Å². The van der Waals surface area contributed by atoms with Crippen molar-refractivity contribution in [3.8, 4) is 0 Å². The summed E-state index contributed by atoms with van der Waals surface area (Å²) >= 11 is 0. The van der Waals surface area contributed by atoms with Crippen LogP contribution in [0.15, 0.2) is 23.3 Å². The molecule has 1 aliphatic heterocycles. The molecule has 0 bridgehead atoms. The Bertz CT molecular complexity index is 659. The minimum atomic E-state index is -0.125. The predicted octanol–water partition coefficient (Wildman–Crippen LogP) is 5.09. The van der Waals surface area contributed by atoms with Crippen LogP contribution in [0.5, 0.6) is 0 Å². The molecule has 0 spiro atoms. The second kappa shape index (κ2) is 6.46. The minimum Gasteiger partial charge on any atom is -0.392 e. The largest absolute Gasteiger partial charge is 0.392 e. The van der Waals surface area contributed by atoms with E-state index in [4.69, 9.17) is 0 Å². The quantitative estimate of drug-likeness (QED) is 0.664. The number of rotatable bonds is 2. The van der Waals surface area contributed by atoms with Crippen LogP contribution in [0.1, 0.15) is 72.1 Å². The van der Waals surface area contributed by atoms with E-state index >= 15 is 0 Å². The molecular weight excluding hydrogens is 330 g/mol. The molecule has 0 aromatic carbocycles. The molecule has 2 saturated carbocycles. The number of fused-ring (bicyclic) bond motifs is 5. The Morgan fingerprint density at radius 3 is 2.78 bits per heavy atom. The van der Waals surface area contributed by atoms with Gasteiger partial charge in [-0.3, -0.25) is 0 Å². The van der Waals surface area contributed by atoms with Gasteiger partial charge in [0.1, 0.15) is 0 Å². The highest BCUT2D eigenvalue weighted by atomic mass is 16.3. The molecule has 2 heteroatoms. The van der Waals surface area contributed by atoms with Gasteiger partial charge in [-0.15, -0.1) is 0 Å². The van der Waals surface area contributed by atoms with Crippen LogP contribution >= 0.6 is 0 Å². The Kier molecular flexibility index (Phi) is 4.41. The highest BCUT2D eigenvalue weighted by Gasteiger charge is 2.60. The first-order valence-corrected chi connectivity index (χ1v) is 11.8. The molecule has 1 heterocycles. The first-order valence-electron chi connectivity index (χ1n) is 11.8. The van der Waals surface area contributed by atoms with Crippen molar-refractivity contribution < 1.29 is 5.11 Å². The predicted molar refractivity (Wildman–Crippen MR) is 111 cm³/mol. The molecule has 150 valence electrons. The third-order valence-electron chi connectivity index (χ3n) is 9.93. The van der Waals surface area contributed by atoms with Crippen molar-refractivity contribution in [1.29, 1.82) is 0 Å². The van der Waals surface area contributed by atoms with Crippen LogP contribution in [0.2, 0.25) is 0 Å². The molecule has 2 N–H and O–H groups in total. The van der Waals surface area contributed by atoms with E-state index in [-0.39, 0.29) is 11.5 Å². The van der Waals surface area contributed by atoms with Gasteiger partial charge in [-0.25, -0.2) is 0 Å². The van der Waals surface area contributed by atoms with Crippen molar-refractivity contribution in [2.45, 2.75) is 78.2 Å². The Hall–Kier alpha value is -0.600. The molecular formula is C25H39NO. The lowest BCUT2D eigenvalue weighted by atomic mass is 9.44. The van der Waals surface area contributed by atoms with E-state index in [0.717, 1.165) is 30.1 Å². The van der Waals surface area contributed by atoms with Gasteiger partial charge in [-0.05, 0) is 92.9 Å². The lowest BCUT2D eigenvalue weighted by molar-refractivity contribution is -0.0942. The molecule has 8 atom stereocenters. The number of aliphatic hydroxyl groups excluding tert-OH is 1. The lowest BCUT2D eigenvalue weighted by Gasteiger charge is -2.61. The van der Waals surface area contributed by atoms with Crippen molar-refractivity contribution in [2.75, 3.05) is 13.1 Å². The molecule has 0 aromatic rings. The topological polar surface area (TPSA) is 32.3 Å². The van der Waals surface area contributed by atoms with Crippen LogP contribution in [-0.4, -0.2) is 24.3 Å². The fraction of sp³-hybridized carbons (Fsp3) is 0.840. The van der Waals surface area contributed by atoms with Crippen LogP contribution < -0.4 is 5.32 Å². The Labute approximate surface area is 165 Å². The van der Waals surface area contributed by atoms with E-state index in [1.54, 1.807) is 11.1 Å². The van der Waals surface area contributed by atoms with Gasteiger partial charge in [-0.2, -0.15) is 0 Å². The number of nitrogens with one attached hydrogen (secondary N) is 1. The highest BCUT2D eigenvalue weighted by Crippen LogP contribution is 2.67. The van der Waals surface area contributed by atoms with Gasteiger partial charge in [0.25, 0.3) is 0 Å². The van der Waals surface area contributed by atoms with Gasteiger partial charge in [0.05, 0.1) is 6.10 Å². The van der Waals surface area contributed by atoms with Crippen molar-refractivity contribution in [1.82, 2.24) is 5.32 Å². The molecule has 0 radical (unpaired) electrons. The fourth-order valence-electron chi connectivity index (χ4n) is 8.43. The molecule has 27 heavy (non-hydrogen) atoms. The van der Waals surface area contributed by atoms with Gasteiger partial charge in [0.2, 0.25) is 0 Å². The Morgan fingerprint density at radius 2 is 2.04 bits per heavy atom. The maximum absolute atomic E-state index is 11.1. The summed E-state index contributed by atoms with van der Waals surface area (Å²) in [6, 6.07) is 0. The minimum absolute atomic E-state index is 0.0492. The first-order chi connectivity index (χ1) is 13.0. The monoisotopic (exact) mass is 369 g/mol. The molecule has 0 aromatic heterocycles. The van der Waals surface area contributed by atoms with E-state index < -0.39 is 0 Å². The van der Waals surface area contributed by atoms with Gasteiger partial charge < -0.3 is 10.4 Å². The molecule has 2 nitrogen and oxygen atoms in total. The van der Waals surface area contributed by atoms with Crippen LogP contribution in [0, 0.1) is 40.4 Å². The molecule has 5 rings (SSSR count). The standard InChI is InChI=1S/C25H39NO/c1-4-16-14-18-6-5-7-22(27)25(18,3)21-10-12-24(2)19(17-11-13-26-15-17)8-9-20(24)23(16)21/h8,14,16-17,20-23,26-27H,4-7,9-13,15H2,1-3H3/t16?,17?,20-,21-,22?,23-,24+,25-/m0/s1. The molecule has 0 amide bonds. The summed E-state index contributed by atoms with van der Waals surface area (Å²) in [5, 5.41) is 14.7. The van der Waals surface area contributed by atoms with Crippen molar-refractivity contribution in [3.63, 3.8) is 0 Å². The number of hydrogen-bond acceptors (Lipinski definition) is 2. The average molecular weight is 370 g/mol. The maximum Gasteiger partial charge on any atom is 0.0633 e. The lowest BCUT2D eigenvalue weighted by Crippen LogP contribution is -2.56. The third kappa shape index (κ3) is 2.45. The zero-order valence-electron chi connectivity index (χ0n) is 17.6. The number of aliphatic hydroxyl groups is 1. The summed E-state index contributed by atoms with van der Waals surface area (Å²) in [5.74, 6) is 3.74. The summed E-state index contributed by atoms with van der Waals surface area (Å²) in [5.41, 5.74) is 3.87. The van der Waals surface area contributed by atoms with E-state index in [9.17, 15) is 5.11 Å². The molecule has 5 aliphatic rings. The van der Waals surface area contributed by atoms with E-state index in [1.807, 2.05) is 0 Å². The SMILES string of the molecule is CCC1C=C2CCCC(O)[C@]2(C)[C@H]2CC[C@]3(C)C(C4CCNC4)=CC[C@H]3[C@H]12. The maximum atomic E-state index is 11.1. The summed E-state index contributed by atoms with van der Waals surface area (Å²) in [7, 11) is 0. The van der Waals surface area contributed by atoms with Crippen LogP contribution in [0.3, 0.4) is 0 Å². The van der Waals surface area contributed by atoms with Gasteiger partial charge >= 0.3 is 0 Å².